The Kier molecular flexibility index (Phi) is 6.93. The third-order valence-corrected chi connectivity index (χ3v) is 5.99. The number of rotatable bonds is 5. The zero-order valence-corrected chi connectivity index (χ0v) is 15.3. The molecule has 0 atom stereocenters. The molecule has 1 saturated carbocycles. The van der Waals surface area contributed by atoms with Gasteiger partial charge in [-0.2, -0.15) is 0 Å². The van der Waals surface area contributed by atoms with Gasteiger partial charge in [0.15, 0.2) is 0 Å². The summed E-state index contributed by atoms with van der Waals surface area (Å²) in [6, 6.07) is 0. The molecular weight excluding hydrogens is 302 g/mol. The zero-order valence-electron chi connectivity index (χ0n) is 15.3. The molecule has 3 rings (SSSR count). The van der Waals surface area contributed by atoms with Crippen LogP contribution in [0.25, 0.3) is 0 Å². The molecule has 138 valence electrons. The van der Waals surface area contributed by atoms with Crippen molar-refractivity contribution in [2.75, 3.05) is 45.8 Å². The van der Waals surface area contributed by atoms with Gasteiger partial charge in [0.05, 0.1) is 12.2 Å². The maximum atomic E-state index is 12.2. The van der Waals surface area contributed by atoms with Crippen molar-refractivity contribution in [3.8, 4) is 0 Å². The number of hydrogen-bond donors (Lipinski definition) is 1. The molecule has 0 unspecified atom stereocenters. The first-order valence-corrected chi connectivity index (χ1v) is 10.1. The number of nitrogens with zero attached hydrogens (tertiary/aromatic N) is 2. The van der Waals surface area contributed by atoms with Crippen molar-refractivity contribution in [1.82, 2.24) is 15.1 Å². The van der Waals surface area contributed by atoms with Gasteiger partial charge in [-0.1, -0.05) is 6.92 Å². The van der Waals surface area contributed by atoms with E-state index in [0.717, 1.165) is 64.6 Å². The van der Waals surface area contributed by atoms with Gasteiger partial charge in [0.25, 0.3) is 0 Å². The van der Waals surface area contributed by atoms with E-state index in [1.54, 1.807) is 0 Å². The summed E-state index contributed by atoms with van der Waals surface area (Å²) in [5, 5.41) is 3.30. The summed E-state index contributed by atoms with van der Waals surface area (Å²) in [6.07, 6.45) is 9.06. The molecule has 0 aromatic rings. The van der Waals surface area contributed by atoms with E-state index in [1.165, 1.54) is 25.7 Å². The Hall–Kier alpha value is -0.650. The van der Waals surface area contributed by atoms with Crippen LogP contribution >= 0.6 is 0 Å². The van der Waals surface area contributed by atoms with Gasteiger partial charge >= 0.3 is 0 Å². The van der Waals surface area contributed by atoms with Crippen LogP contribution in [0, 0.1) is 5.92 Å². The molecule has 0 aromatic carbocycles. The number of amides is 1. The molecule has 5 nitrogen and oxygen atoms in total. The van der Waals surface area contributed by atoms with Crippen molar-refractivity contribution in [2.45, 2.75) is 64.1 Å². The first-order chi connectivity index (χ1) is 11.7. The fourth-order valence-electron chi connectivity index (χ4n) is 4.23. The summed E-state index contributed by atoms with van der Waals surface area (Å²) in [4.78, 5) is 16.7. The summed E-state index contributed by atoms with van der Waals surface area (Å²) in [7, 11) is 0. The van der Waals surface area contributed by atoms with E-state index in [2.05, 4.69) is 17.1 Å². The predicted octanol–water partition coefficient (Wildman–Crippen LogP) is 1.87. The first-order valence-electron chi connectivity index (χ1n) is 10.1. The van der Waals surface area contributed by atoms with Gasteiger partial charge in [-0.15, -0.1) is 0 Å². The maximum absolute atomic E-state index is 12.2. The molecule has 0 aromatic heterocycles. The third-order valence-electron chi connectivity index (χ3n) is 5.99. The van der Waals surface area contributed by atoms with E-state index in [1.807, 2.05) is 4.90 Å². The van der Waals surface area contributed by atoms with Crippen molar-refractivity contribution >= 4 is 5.91 Å². The lowest BCUT2D eigenvalue weighted by Crippen LogP contribution is -2.47. The topological polar surface area (TPSA) is 44.8 Å². The number of carbonyl (C=O) groups is 1. The van der Waals surface area contributed by atoms with Crippen LogP contribution in [-0.4, -0.2) is 73.7 Å². The predicted molar refractivity (Wildman–Crippen MR) is 96.0 cm³/mol. The molecule has 24 heavy (non-hydrogen) atoms. The van der Waals surface area contributed by atoms with Gasteiger partial charge in [0, 0.05) is 52.2 Å². The van der Waals surface area contributed by atoms with E-state index in [9.17, 15) is 4.79 Å². The van der Waals surface area contributed by atoms with Crippen molar-refractivity contribution in [3.63, 3.8) is 0 Å². The highest BCUT2D eigenvalue weighted by Crippen LogP contribution is 2.28. The molecule has 2 aliphatic heterocycles. The van der Waals surface area contributed by atoms with Gasteiger partial charge in [0.1, 0.15) is 0 Å². The third kappa shape index (κ3) is 5.43. The summed E-state index contributed by atoms with van der Waals surface area (Å²) < 4.78 is 6.34. The lowest BCUT2D eigenvalue weighted by atomic mass is 9.88. The lowest BCUT2D eigenvalue weighted by molar-refractivity contribution is -0.132. The normalized spacial score (nSPS) is 30.5. The Balaban J connectivity index is 1.29. The number of piperazine rings is 1. The van der Waals surface area contributed by atoms with Gasteiger partial charge in [-0.25, -0.2) is 0 Å². The van der Waals surface area contributed by atoms with Crippen LogP contribution in [0.5, 0.6) is 0 Å². The lowest BCUT2D eigenvalue weighted by Gasteiger charge is -2.36. The quantitative estimate of drug-likeness (QED) is 0.832. The first kappa shape index (κ1) is 18.2. The minimum atomic E-state index is 0.325. The Bertz CT molecular complexity index is 382. The smallest absolute Gasteiger partial charge is 0.223 e. The fraction of sp³-hybridized carbons (Fsp3) is 0.947. The Morgan fingerprint density at radius 1 is 0.958 bits per heavy atom. The summed E-state index contributed by atoms with van der Waals surface area (Å²) in [6.45, 7) is 9.06. The molecular formula is C19H35N3O2. The van der Waals surface area contributed by atoms with Crippen LogP contribution in [-0.2, 0) is 9.53 Å². The van der Waals surface area contributed by atoms with Crippen LogP contribution in [0.4, 0.5) is 0 Å². The highest BCUT2D eigenvalue weighted by molar-refractivity contribution is 5.76. The fourth-order valence-corrected chi connectivity index (χ4v) is 4.23. The molecule has 1 amide bonds. The number of nitrogens with one attached hydrogen (secondary N) is 1. The highest BCUT2D eigenvalue weighted by Gasteiger charge is 2.26. The van der Waals surface area contributed by atoms with E-state index >= 15 is 0 Å². The number of ether oxygens (including phenoxy) is 1. The van der Waals surface area contributed by atoms with Gasteiger partial charge < -0.3 is 19.9 Å². The molecule has 0 bridgehead atoms. The van der Waals surface area contributed by atoms with Crippen molar-refractivity contribution < 1.29 is 9.53 Å². The molecule has 5 heteroatoms. The molecule has 0 spiro atoms. The van der Waals surface area contributed by atoms with Gasteiger partial charge in [-0.05, 0) is 44.4 Å². The monoisotopic (exact) mass is 337 g/mol. The number of piperidine rings is 1. The maximum Gasteiger partial charge on any atom is 0.223 e. The SMILES string of the molecule is CC1CCC(OC2CCN(CCC(=O)N3CCNCC3)CC2)CC1. The molecule has 2 heterocycles. The number of likely N-dealkylation sites (tertiary alicyclic amines) is 1. The minimum Gasteiger partial charge on any atom is -0.375 e. The molecule has 2 saturated heterocycles. The summed E-state index contributed by atoms with van der Waals surface area (Å²) in [5.41, 5.74) is 0. The van der Waals surface area contributed by atoms with E-state index in [-0.39, 0.29) is 0 Å². The average molecular weight is 338 g/mol. The van der Waals surface area contributed by atoms with Crippen molar-refractivity contribution in [1.29, 1.82) is 0 Å². The minimum absolute atomic E-state index is 0.325. The number of hydrogen-bond acceptors (Lipinski definition) is 4. The molecule has 3 fully saturated rings. The average Bonchev–Trinajstić information content (AvgIpc) is 2.63. The second kappa shape index (κ2) is 9.16. The van der Waals surface area contributed by atoms with Gasteiger partial charge in [-0.3, -0.25) is 4.79 Å². The van der Waals surface area contributed by atoms with Crippen LogP contribution in [0.2, 0.25) is 0 Å². The van der Waals surface area contributed by atoms with Crippen molar-refractivity contribution in [2.24, 2.45) is 5.92 Å². The Morgan fingerprint density at radius 3 is 2.25 bits per heavy atom. The highest BCUT2D eigenvalue weighted by atomic mass is 16.5. The van der Waals surface area contributed by atoms with E-state index in [0.29, 0.717) is 24.5 Å². The summed E-state index contributed by atoms with van der Waals surface area (Å²) in [5.74, 6) is 1.21. The molecule has 1 aliphatic carbocycles. The van der Waals surface area contributed by atoms with Crippen LogP contribution in [0.1, 0.15) is 51.9 Å². The van der Waals surface area contributed by atoms with E-state index < -0.39 is 0 Å². The van der Waals surface area contributed by atoms with Crippen LogP contribution in [0.3, 0.4) is 0 Å². The standard InChI is InChI=1S/C19H35N3O2/c1-16-2-4-17(5-3-16)24-18-6-11-21(12-7-18)13-8-19(23)22-14-9-20-10-15-22/h16-18,20H,2-15H2,1H3. The molecule has 0 radical (unpaired) electrons. The van der Waals surface area contributed by atoms with Crippen molar-refractivity contribution in [3.05, 3.63) is 0 Å². The van der Waals surface area contributed by atoms with Crippen LogP contribution in [0.15, 0.2) is 0 Å². The van der Waals surface area contributed by atoms with E-state index in [4.69, 9.17) is 4.74 Å². The Morgan fingerprint density at radius 2 is 1.58 bits per heavy atom. The zero-order chi connectivity index (χ0) is 16.8. The second-order valence-corrected chi connectivity index (χ2v) is 7.94. The molecule has 3 aliphatic rings. The number of carbonyl (C=O) groups excluding carboxylic acids is 1. The largest absolute Gasteiger partial charge is 0.375 e. The summed E-state index contributed by atoms with van der Waals surface area (Å²) >= 11 is 0. The second-order valence-electron chi connectivity index (χ2n) is 7.94. The Labute approximate surface area is 147 Å². The van der Waals surface area contributed by atoms with Crippen LogP contribution < -0.4 is 5.32 Å². The van der Waals surface area contributed by atoms with Gasteiger partial charge in [0.2, 0.25) is 5.91 Å². The molecule has 1 N–H and O–H groups in total.